The number of anilines is 1. The van der Waals surface area contributed by atoms with Gasteiger partial charge in [-0.1, -0.05) is 23.7 Å². The van der Waals surface area contributed by atoms with Gasteiger partial charge in [0, 0.05) is 5.69 Å². The van der Waals surface area contributed by atoms with Gasteiger partial charge in [-0.2, -0.15) is 0 Å². The molecule has 1 amide bonds. The summed E-state index contributed by atoms with van der Waals surface area (Å²) in [4.78, 5) is 23.4. The van der Waals surface area contributed by atoms with E-state index in [9.17, 15) is 9.59 Å². The molecule has 0 unspecified atom stereocenters. The van der Waals surface area contributed by atoms with Crippen LogP contribution in [0.1, 0.15) is 5.56 Å². The number of aryl methyl sites for hydroxylation is 1. The Morgan fingerprint density at radius 3 is 2.60 bits per heavy atom. The molecule has 2 aromatic rings. The lowest BCUT2D eigenvalue weighted by Crippen LogP contribution is -2.23. The molecule has 0 fully saturated rings. The van der Waals surface area contributed by atoms with Crippen molar-refractivity contribution in [1.82, 2.24) is 0 Å². The van der Waals surface area contributed by atoms with Crippen LogP contribution in [-0.4, -0.2) is 32.2 Å². The van der Waals surface area contributed by atoms with Gasteiger partial charge in [0.1, 0.15) is 11.5 Å². The number of hydrogen-bond donors (Lipinski definition) is 1. The Hall–Kier alpha value is -2.73. The van der Waals surface area contributed by atoms with Gasteiger partial charge >= 0.3 is 5.97 Å². The molecule has 0 radical (unpaired) electrons. The van der Waals surface area contributed by atoms with Crippen LogP contribution in [-0.2, 0) is 14.3 Å². The van der Waals surface area contributed by atoms with E-state index >= 15 is 0 Å². The van der Waals surface area contributed by atoms with Crippen LogP contribution in [0, 0.1) is 6.92 Å². The predicted octanol–water partition coefficient (Wildman–Crippen LogP) is 3.22. The van der Waals surface area contributed by atoms with E-state index in [0.717, 1.165) is 5.56 Å². The van der Waals surface area contributed by atoms with Gasteiger partial charge in [-0.3, -0.25) is 4.79 Å². The zero-order chi connectivity index (χ0) is 18.2. The lowest BCUT2D eigenvalue weighted by Gasteiger charge is -2.09. The topological polar surface area (TPSA) is 73.9 Å². The van der Waals surface area contributed by atoms with Crippen LogP contribution in [0.15, 0.2) is 42.5 Å². The molecule has 132 valence electrons. The molecule has 25 heavy (non-hydrogen) atoms. The molecule has 0 heterocycles. The van der Waals surface area contributed by atoms with Gasteiger partial charge in [0.15, 0.2) is 13.2 Å². The van der Waals surface area contributed by atoms with Crippen LogP contribution in [0.5, 0.6) is 11.5 Å². The number of rotatable bonds is 7. The van der Waals surface area contributed by atoms with Crippen LogP contribution >= 0.6 is 11.6 Å². The Bertz CT molecular complexity index is 763. The van der Waals surface area contributed by atoms with Crippen LogP contribution in [0.2, 0.25) is 5.02 Å². The Kier molecular flexibility index (Phi) is 6.65. The Balaban J connectivity index is 1.75. The first-order chi connectivity index (χ1) is 12.0. The van der Waals surface area contributed by atoms with Crippen molar-refractivity contribution in [3.63, 3.8) is 0 Å². The van der Waals surface area contributed by atoms with Crippen molar-refractivity contribution >= 4 is 29.2 Å². The summed E-state index contributed by atoms with van der Waals surface area (Å²) in [6.07, 6.45) is 0. The fourth-order valence-electron chi connectivity index (χ4n) is 1.98. The molecule has 0 aromatic heterocycles. The smallest absolute Gasteiger partial charge is 0.344 e. The van der Waals surface area contributed by atoms with Gasteiger partial charge < -0.3 is 19.5 Å². The van der Waals surface area contributed by atoms with Gasteiger partial charge in [-0.25, -0.2) is 4.79 Å². The van der Waals surface area contributed by atoms with E-state index in [1.54, 1.807) is 30.3 Å². The van der Waals surface area contributed by atoms with Crippen LogP contribution in [0.4, 0.5) is 5.69 Å². The first-order valence-electron chi connectivity index (χ1n) is 7.46. The molecule has 0 bridgehead atoms. The first-order valence-corrected chi connectivity index (χ1v) is 7.84. The van der Waals surface area contributed by atoms with Crippen molar-refractivity contribution < 1.29 is 23.8 Å². The molecule has 0 atom stereocenters. The van der Waals surface area contributed by atoms with E-state index in [-0.39, 0.29) is 6.61 Å². The fourth-order valence-corrected chi connectivity index (χ4v) is 2.23. The Morgan fingerprint density at radius 2 is 1.92 bits per heavy atom. The van der Waals surface area contributed by atoms with Crippen LogP contribution in [0.3, 0.4) is 0 Å². The number of esters is 1. The van der Waals surface area contributed by atoms with Crippen molar-refractivity contribution in [1.29, 1.82) is 0 Å². The van der Waals surface area contributed by atoms with Gasteiger partial charge in [0.25, 0.3) is 5.91 Å². The molecule has 2 rings (SSSR count). The average molecular weight is 364 g/mol. The first kappa shape index (κ1) is 18.6. The molecule has 0 spiro atoms. The Morgan fingerprint density at radius 1 is 1.12 bits per heavy atom. The summed E-state index contributed by atoms with van der Waals surface area (Å²) in [6, 6.07) is 12.1. The number of methoxy groups -OCH3 is 1. The van der Waals surface area contributed by atoms with E-state index in [0.29, 0.717) is 22.2 Å². The minimum atomic E-state index is -0.635. The third kappa shape index (κ3) is 6.00. The average Bonchev–Trinajstić information content (AvgIpc) is 2.58. The molecule has 1 N–H and O–H groups in total. The zero-order valence-corrected chi connectivity index (χ0v) is 14.6. The molecule has 0 saturated carbocycles. The van der Waals surface area contributed by atoms with Crippen molar-refractivity contribution in [2.24, 2.45) is 0 Å². The van der Waals surface area contributed by atoms with E-state index in [1.165, 1.54) is 7.11 Å². The maximum Gasteiger partial charge on any atom is 0.344 e. The molecule has 2 aromatic carbocycles. The number of benzene rings is 2. The van der Waals surface area contributed by atoms with E-state index in [4.69, 9.17) is 25.8 Å². The number of carbonyl (C=O) groups excluding carboxylic acids is 2. The third-order valence-corrected chi connectivity index (χ3v) is 3.44. The molecule has 7 heteroatoms. The van der Waals surface area contributed by atoms with E-state index < -0.39 is 18.5 Å². The van der Waals surface area contributed by atoms with Gasteiger partial charge in [-0.05, 0) is 42.8 Å². The molecule has 6 nitrogen and oxygen atoms in total. The lowest BCUT2D eigenvalue weighted by molar-refractivity contribution is -0.149. The standard InChI is InChI=1S/C18H18ClNO5/c1-12-4-3-5-14(8-12)24-11-18(22)25-10-17(21)20-13-6-7-16(23-2)15(19)9-13/h3-9H,10-11H2,1-2H3,(H,20,21). The number of halogens is 1. The lowest BCUT2D eigenvalue weighted by atomic mass is 10.2. The monoisotopic (exact) mass is 363 g/mol. The number of hydrogen-bond acceptors (Lipinski definition) is 5. The zero-order valence-electron chi connectivity index (χ0n) is 13.9. The highest BCUT2D eigenvalue weighted by Crippen LogP contribution is 2.27. The number of carbonyl (C=O) groups is 2. The quantitative estimate of drug-likeness (QED) is 0.764. The van der Waals surface area contributed by atoms with Crippen LogP contribution < -0.4 is 14.8 Å². The van der Waals surface area contributed by atoms with E-state index in [1.807, 2.05) is 19.1 Å². The van der Waals surface area contributed by atoms with E-state index in [2.05, 4.69) is 5.32 Å². The highest BCUT2D eigenvalue weighted by atomic mass is 35.5. The van der Waals surface area contributed by atoms with Crippen molar-refractivity contribution in [3.8, 4) is 11.5 Å². The molecule has 0 aliphatic carbocycles. The summed E-state index contributed by atoms with van der Waals surface area (Å²) in [5, 5.41) is 2.94. The number of amides is 1. The summed E-state index contributed by atoms with van der Waals surface area (Å²) in [5.74, 6) is -0.0526. The summed E-state index contributed by atoms with van der Waals surface area (Å²) >= 11 is 5.97. The minimum absolute atomic E-state index is 0.273. The summed E-state index contributed by atoms with van der Waals surface area (Å²) in [6.45, 7) is 1.23. The predicted molar refractivity (Wildman–Crippen MR) is 94.3 cm³/mol. The summed E-state index contributed by atoms with van der Waals surface area (Å²) in [5.41, 5.74) is 1.49. The summed E-state index contributed by atoms with van der Waals surface area (Å²) in [7, 11) is 1.50. The van der Waals surface area contributed by atoms with Crippen LogP contribution in [0.25, 0.3) is 0 Å². The van der Waals surface area contributed by atoms with Gasteiger partial charge in [0.2, 0.25) is 0 Å². The fraction of sp³-hybridized carbons (Fsp3) is 0.222. The third-order valence-electron chi connectivity index (χ3n) is 3.15. The molecular weight excluding hydrogens is 346 g/mol. The highest BCUT2D eigenvalue weighted by Gasteiger charge is 2.10. The minimum Gasteiger partial charge on any atom is -0.495 e. The molecule has 0 aliphatic rings. The molecular formula is C18H18ClNO5. The maximum absolute atomic E-state index is 11.8. The largest absolute Gasteiger partial charge is 0.495 e. The maximum atomic E-state index is 11.8. The molecule has 0 saturated heterocycles. The second kappa shape index (κ2) is 8.94. The van der Waals surface area contributed by atoms with Crippen molar-refractivity contribution in [3.05, 3.63) is 53.1 Å². The van der Waals surface area contributed by atoms with Crippen molar-refractivity contribution in [2.45, 2.75) is 6.92 Å². The number of ether oxygens (including phenoxy) is 3. The van der Waals surface area contributed by atoms with Gasteiger partial charge in [0.05, 0.1) is 12.1 Å². The van der Waals surface area contributed by atoms with Crippen molar-refractivity contribution in [2.75, 3.05) is 25.6 Å². The highest BCUT2D eigenvalue weighted by molar-refractivity contribution is 6.32. The summed E-state index contributed by atoms with van der Waals surface area (Å²) < 4.78 is 15.2. The van der Waals surface area contributed by atoms with Gasteiger partial charge in [-0.15, -0.1) is 0 Å². The second-order valence-electron chi connectivity index (χ2n) is 5.16. The molecule has 0 aliphatic heterocycles. The SMILES string of the molecule is COc1ccc(NC(=O)COC(=O)COc2cccc(C)c2)cc1Cl. The number of nitrogens with one attached hydrogen (secondary N) is 1. The normalized spacial score (nSPS) is 10.0. The second-order valence-corrected chi connectivity index (χ2v) is 5.57. The Labute approximate surface area is 150 Å².